The number of hydrogen-bond donors (Lipinski definition) is 8. The van der Waals surface area contributed by atoms with E-state index in [1.54, 1.807) is 0 Å². The maximum Gasteiger partial charge on any atom is 0.326 e. The quantitative estimate of drug-likeness (QED) is 0.128. The van der Waals surface area contributed by atoms with Gasteiger partial charge < -0.3 is 43.4 Å². The fraction of sp³-hybridized carbons (Fsp3) is 0.647. The number of nitrogens with two attached hydrogens (primary N) is 3. The topological polar surface area (TPSA) is 257 Å². The van der Waals surface area contributed by atoms with E-state index in [4.69, 9.17) is 17.2 Å². The van der Waals surface area contributed by atoms with Crippen molar-refractivity contribution in [1.29, 1.82) is 0 Å². The number of primary amides is 2. The van der Waals surface area contributed by atoms with Crippen molar-refractivity contribution in [1.82, 2.24) is 16.0 Å². The average Bonchev–Trinajstić information content (AvgIpc) is 2.64. The van der Waals surface area contributed by atoms with Crippen LogP contribution in [0, 0.1) is 0 Å². The van der Waals surface area contributed by atoms with E-state index in [-0.39, 0.29) is 25.7 Å². The highest BCUT2D eigenvalue weighted by atomic mass is 16.4. The van der Waals surface area contributed by atoms with Crippen molar-refractivity contribution in [3.63, 3.8) is 0 Å². The molecule has 0 fully saturated rings. The summed E-state index contributed by atoms with van der Waals surface area (Å²) in [5, 5.41) is 25.6. The van der Waals surface area contributed by atoms with E-state index in [2.05, 4.69) is 16.0 Å². The molecule has 5 atom stereocenters. The Morgan fingerprint density at radius 3 is 1.61 bits per heavy atom. The van der Waals surface area contributed by atoms with E-state index >= 15 is 0 Å². The Morgan fingerprint density at radius 1 is 0.774 bits per heavy atom. The van der Waals surface area contributed by atoms with Crippen LogP contribution in [0.25, 0.3) is 0 Å². The smallest absolute Gasteiger partial charge is 0.326 e. The molecular formula is C17H30N6O8. The summed E-state index contributed by atoms with van der Waals surface area (Å²) < 4.78 is 0. The molecule has 0 aliphatic rings. The van der Waals surface area contributed by atoms with E-state index < -0.39 is 65.8 Å². The van der Waals surface area contributed by atoms with Crippen LogP contribution in [0.2, 0.25) is 0 Å². The minimum absolute atomic E-state index is 0.289. The summed E-state index contributed by atoms with van der Waals surface area (Å²) in [7, 11) is 0. The van der Waals surface area contributed by atoms with Crippen molar-refractivity contribution in [2.75, 3.05) is 0 Å². The highest BCUT2D eigenvalue weighted by Crippen LogP contribution is 2.04. The molecule has 0 spiro atoms. The molecule has 176 valence electrons. The van der Waals surface area contributed by atoms with Crippen molar-refractivity contribution >= 4 is 35.5 Å². The number of aliphatic carboxylic acids is 1. The Balaban J connectivity index is 5.45. The van der Waals surface area contributed by atoms with E-state index in [9.17, 15) is 39.0 Å². The van der Waals surface area contributed by atoms with Gasteiger partial charge in [-0.05, 0) is 26.7 Å². The second-order valence-corrected chi connectivity index (χ2v) is 6.99. The lowest BCUT2D eigenvalue weighted by Crippen LogP contribution is -2.59. The van der Waals surface area contributed by atoms with Gasteiger partial charge in [0.25, 0.3) is 0 Å². The Bertz CT molecular complexity index is 696. The summed E-state index contributed by atoms with van der Waals surface area (Å²) in [4.78, 5) is 70.2. The molecule has 31 heavy (non-hydrogen) atoms. The third-order valence-electron chi connectivity index (χ3n) is 4.08. The minimum atomic E-state index is -1.49. The number of carbonyl (C=O) groups is 6. The fourth-order valence-corrected chi connectivity index (χ4v) is 2.32. The second-order valence-electron chi connectivity index (χ2n) is 6.99. The van der Waals surface area contributed by atoms with Crippen LogP contribution < -0.4 is 33.2 Å². The summed E-state index contributed by atoms with van der Waals surface area (Å²) in [6, 6.07) is -5.38. The molecule has 0 bridgehead atoms. The number of carbonyl (C=O) groups excluding carboxylic acids is 5. The molecule has 0 saturated heterocycles. The normalized spacial score (nSPS) is 15.5. The van der Waals surface area contributed by atoms with Gasteiger partial charge in [-0.2, -0.15) is 0 Å². The first-order valence-electron chi connectivity index (χ1n) is 9.40. The average molecular weight is 446 g/mol. The molecule has 14 heteroatoms. The molecule has 14 nitrogen and oxygen atoms in total. The summed E-state index contributed by atoms with van der Waals surface area (Å²) in [6.07, 6.45) is -2.60. The number of amides is 5. The Kier molecular flexibility index (Phi) is 11.7. The first-order valence-corrected chi connectivity index (χ1v) is 9.40. The van der Waals surface area contributed by atoms with Gasteiger partial charge >= 0.3 is 5.97 Å². The molecule has 0 aliphatic carbocycles. The third-order valence-corrected chi connectivity index (χ3v) is 4.08. The highest BCUT2D eigenvalue weighted by molar-refractivity contribution is 5.94. The lowest BCUT2D eigenvalue weighted by molar-refractivity contribution is -0.143. The predicted octanol–water partition coefficient (Wildman–Crippen LogP) is -4.22. The summed E-state index contributed by atoms with van der Waals surface area (Å²) in [5.74, 6) is -5.69. The number of aliphatic hydroxyl groups excluding tert-OH is 1. The van der Waals surface area contributed by atoms with Gasteiger partial charge in [-0.15, -0.1) is 0 Å². The van der Waals surface area contributed by atoms with E-state index in [0.29, 0.717) is 0 Å². The van der Waals surface area contributed by atoms with Gasteiger partial charge in [-0.1, -0.05) is 0 Å². The summed E-state index contributed by atoms with van der Waals surface area (Å²) in [6.45, 7) is 2.57. The van der Waals surface area contributed by atoms with Crippen LogP contribution >= 0.6 is 0 Å². The van der Waals surface area contributed by atoms with Crippen molar-refractivity contribution in [3.8, 4) is 0 Å². The molecule has 0 aromatic heterocycles. The first-order chi connectivity index (χ1) is 14.3. The maximum atomic E-state index is 12.5. The number of nitrogens with one attached hydrogen (secondary N) is 3. The number of carboxylic acids is 1. The zero-order valence-corrected chi connectivity index (χ0v) is 17.3. The Labute approximate surface area is 178 Å². The highest BCUT2D eigenvalue weighted by Gasteiger charge is 2.32. The molecule has 0 rings (SSSR count). The van der Waals surface area contributed by atoms with Crippen molar-refractivity contribution < 1.29 is 39.0 Å². The lowest BCUT2D eigenvalue weighted by Gasteiger charge is -2.26. The molecule has 11 N–H and O–H groups in total. The molecular weight excluding hydrogens is 416 g/mol. The fourth-order valence-electron chi connectivity index (χ4n) is 2.32. The van der Waals surface area contributed by atoms with Crippen LogP contribution in [-0.2, 0) is 28.8 Å². The minimum Gasteiger partial charge on any atom is -0.480 e. The monoisotopic (exact) mass is 446 g/mol. The third kappa shape index (κ3) is 10.9. The van der Waals surface area contributed by atoms with Crippen LogP contribution in [0.5, 0.6) is 0 Å². The first kappa shape index (κ1) is 27.7. The maximum absolute atomic E-state index is 12.5. The van der Waals surface area contributed by atoms with Crippen molar-refractivity contribution in [2.24, 2.45) is 17.2 Å². The van der Waals surface area contributed by atoms with Crippen LogP contribution in [-0.4, -0.2) is 76.0 Å². The van der Waals surface area contributed by atoms with Crippen LogP contribution in [0.15, 0.2) is 0 Å². The second kappa shape index (κ2) is 13.1. The van der Waals surface area contributed by atoms with Gasteiger partial charge in [-0.3, -0.25) is 24.0 Å². The SMILES string of the molecule is CC(N)C(=O)NC(C(=O)NC(CCC(N)=O)C(=O)NC(CCC(N)=O)C(=O)O)C(C)O. The lowest BCUT2D eigenvalue weighted by atomic mass is 10.1. The van der Waals surface area contributed by atoms with Crippen LogP contribution in [0.1, 0.15) is 39.5 Å². The molecule has 0 heterocycles. The number of aliphatic hydroxyl groups is 1. The molecule has 0 radical (unpaired) electrons. The number of rotatable bonds is 14. The number of carboxylic acid groups (broad SMARTS) is 1. The molecule has 0 aromatic rings. The number of hydrogen-bond acceptors (Lipinski definition) is 8. The zero-order valence-electron chi connectivity index (χ0n) is 17.3. The molecule has 0 aliphatic heterocycles. The molecule has 0 aromatic carbocycles. The van der Waals surface area contributed by atoms with Gasteiger partial charge in [0.1, 0.15) is 18.1 Å². The van der Waals surface area contributed by atoms with Gasteiger partial charge in [-0.25, -0.2) is 4.79 Å². The molecule has 5 amide bonds. The molecule has 0 saturated carbocycles. The van der Waals surface area contributed by atoms with Gasteiger partial charge in [0.2, 0.25) is 29.5 Å². The molecule has 5 unspecified atom stereocenters. The van der Waals surface area contributed by atoms with E-state index in [0.717, 1.165) is 0 Å². The Hall–Kier alpha value is -3.26. The zero-order chi connectivity index (χ0) is 24.3. The van der Waals surface area contributed by atoms with E-state index in [1.165, 1.54) is 13.8 Å². The standard InChI is InChI=1S/C17H30N6O8/c1-7(18)14(27)23-13(8(2)24)16(29)21-9(3-5-11(19)25)15(28)22-10(17(30)31)4-6-12(20)26/h7-10,13,24H,3-6,18H2,1-2H3,(H2,19,25)(H2,20,26)(H,21,29)(H,22,28)(H,23,27)(H,30,31). The Morgan fingerprint density at radius 2 is 1.23 bits per heavy atom. The summed E-state index contributed by atoms with van der Waals surface area (Å²) >= 11 is 0. The largest absolute Gasteiger partial charge is 0.480 e. The van der Waals surface area contributed by atoms with Gasteiger partial charge in [0, 0.05) is 12.8 Å². The van der Waals surface area contributed by atoms with Crippen molar-refractivity contribution in [3.05, 3.63) is 0 Å². The van der Waals surface area contributed by atoms with Crippen LogP contribution in [0.4, 0.5) is 0 Å². The van der Waals surface area contributed by atoms with Gasteiger partial charge in [0.05, 0.1) is 12.1 Å². The van der Waals surface area contributed by atoms with E-state index in [1.807, 2.05) is 0 Å². The van der Waals surface area contributed by atoms with Crippen LogP contribution in [0.3, 0.4) is 0 Å². The van der Waals surface area contributed by atoms with Crippen molar-refractivity contribution in [2.45, 2.75) is 69.8 Å². The van der Waals surface area contributed by atoms with Gasteiger partial charge in [0.15, 0.2) is 0 Å². The predicted molar refractivity (Wildman–Crippen MR) is 106 cm³/mol. The summed E-state index contributed by atoms with van der Waals surface area (Å²) in [5.41, 5.74) is 15.5.